The van der Waals surface area contributed by atoms with Crippen molar-refractivity contribution in [1.82, 2.24) is 0 Å². The fraction of sp³-hybridized carbons (Fsp3) is 0.278. The zero-order chi connectivity index (χ0) is 15.7. The lowest BCUT2D eigenvalue weighted by molar-refractivity contribution is 0.593. The number of hydrogen-bond donors (Lipinski definition) is 0. The molecule has 2 aromatic rings. The Balaban J connectivity index is 1.93. The fourth-order valence-corrected chi connectivity index (χ4v) is 5.05. The number of nitriles is 1. The van der Waals surface area contributed by atoms with Crippen molar-refractivity contribution in [3.05, 3.63) is 65.7 Å². The number of rotatable bonds is 4. The molecular weight excluding hydrogens is 294 g/mol. The summed E-state index contributed by atoms with van der Waals surface area (Å²) in [6.07, 6.45) is 0.943. The van der Waals surface area contributed by atoms with E-state index in [1.54, 1.807) is 30.3 Å². The van der Waals surface area contributed by atoms with Gasteiger partial charge in [0.15, 0.2) is 9.84 Å². The molecule has 1 aliphatic carbocycles. The number of sulfone groups is 1. The number of nitrogens with zero attached hydrogens (tertiary/aromatic N) is 1. The van der Waals surface area contributed by atoms with Crippen LogP contribution < -0.4 is 0 Å². The van der Waals surface area contributed by atoms with Crippen LogP contribution >= 0.6 is 0 Å². The van der Waals surface area contributed by atoms with Crippen molar-refractivity contribution in [3.63, 3.8) is 0 Å². The molecule has 3 nitrogen and oxygen atoms in total. The lowest BCUT2D eigenvalue weighted by atomic mass is 10.1. The van der Waals surface area contributed by atoms with Gasteiger partial charge in [0.2, 0.25) is 0 Å². The zero-order valence-corrected chi connectivity index (χ0v) is 13.1. The fourth-order valence-electron chi connectivity index (χ4n) is 2.96. The second-order valence-electron chi connectivity index (χ2n) is 5.60. The Kier molecular flexibility index (Phi) is 3.76. The molecule has 0 heterocycles. The number of benzene rings is 2. The highest BCUT2D eigenvalue weighted by Crippen LogP contribution is 2.53. The van der Waals surface area contributed by atoms with Crippen molar-refractivity contribution in [2.75, 3.05) is 0 Å². The van der Waals surface area contributed by atoms with Gasteiger partial charge in [0.1, 0.15) is 0 Å². The smallest absolute Gasteiger partial charge is 0.183 e. The van der Waals surface area contributed by atoms with Crippen molar-refractivity contribution in [2.24, 2.45) is 5.92 Å². The summed E-state index contributed by atoms with van der Waals surface area (Å²) in [7, 11) is -3.46. The Morgan fingerprint density at radius 3 is 2.23 bits per heavy atom. The van der Waals surface area contributed by atoms with Gasteiger partial charge >= 0.3 is 0 Å². The molecular formula is C18H17NO2S. The molecule has 0 aliphatic heterocycles. The van der Waals surface area contributed by atoms with Crippen LogP contribution in [0.1, 0.15) is 24.0 Å². The van der Waals surface area contributed by atoms with Crippen LogP contribution in [0, 0.1) is 17.2 Å². The molecule has 3 atom stereocenters. The average Bonchev–Trinajstić information content (AvgIpc) is 3.31. The minimum atomic E-state index is -3.46. The van der Waals surface area contributed by atoms with Gasteiger partial charge in [0.05, 0.1) is 22.1 Å². The molecule has 112 valence electrons. The Morgan fingerprint density at radius 2 is 1.68 bits per heavy atom. The van der Waals surface area contributed by atoms with Crippen molar-refractivity contribution in [1.29, 1.82) is 5.26 Å². The monoisotopic (exact) mass is 311 g/mol. The first kappa shape index (κ1) is 14.8. The van der Waals surface area contributed by atoms with E-state index in [9.17, 15) is 13.7 Å². The third-order valence-corrected chi connectivity index (χ3v) is 6.54. The Hall–Kier alpha value is -2.12. The number of aryl methyl sites for hydroxylation is 1. The van der Waals surface area contributed by atoms with Gasteiger partial charge in [-0.3, -0.25) is 0 Å². The summed E-state index contributed by atoms with van der Waals surface area (Å²) in [5.41, 5.74) is 2.15. The van der Waals surface area contributed by atoms with E-state index in [-0.39, 0.29) is 5.92 Å². The summed E-state index contributed by atoms with van der Waals surface area (Å²) in [5, 5.41) is 8.67. The van der Waals surface area contributed by atoms with Crippen LogP contribution in [0.4, 0.5) is 0 Å². The van der Waals surface area contributed by atoms with Gasteiger partial charge in [0.25, 0.3) is 0 Å². The standard InChI is InChI=1S/C18H17NO2S/c1-2-13-8-10-14(11-9-13)17-16(12-19)18(17)22(20,21)15-6-4-3-5-7-15/h3-11,16-18H,2H2,1H3/t16-,17-,18+/m1/s1. The van der Waals surface area contributed by atoms with E-state index >= 15 is 0 Å². The molecule has 2 aromatic carbocycles. The molecule has 0 unspecified atom stereocenters. The van der Waals surface area contributed by atoms with E-state index in [1.807, 2.05) is 24.3 Å². The third kappa shape index (κ3) is 2.42. The largest absolute Gasteiger partial charge is 0.223 e. The zero-order valence-electron chi connectivity index (χ0n) is 12.3. The van der Waals surface area contributed by atoms with E-state index in [2.05, 4.69) is 13.0 Å². The number of hydrogen-bond acceptors (Lipinski definition) is 3. The van der Waals surface area contributed by atoms with E-state index in [1.165, 1.54) is 5.56 Å². The molecule has 0 saturated heterocycles. The summed E-state index contributed by atoms with van der Waals surface area (Å²) in [6, 6.07) is 18.5. The molecule has 4 heteroatoms. The molecule has 1 aliphatic rings. The Labute approximate surface area is 131 Å². The van der Waals surface area contributed by atoms with Crippen LogP contribution in [0.3, 0.4) is 0 Å². The second kappa shape index (κ2) is 5.58. The molecule has 22 heavy (non-hydrogen) atoms. The molecule has 0 spiro atoms. The first-order chi connectivity index (χ1) is 10.6. The summed E-state index contributed by atoms with van der Waals surface area (Å²) < 4.78 is 25.4. The minimum Gasteiger partial charge on any atom is -0.223 e. The highest BCUT2D eigenvalue weighted by Gasteiger charge is 2.59. The molecule has 0 bridgehead atoms. The van der Waals surface area contributed by atoms with E-state index in [0.29, 0.717) is 4.90 Å². The van der Waals surface area contributed by atoms with Crippen LogP contribution in [-0.4, -0.2) is 13.7 Å². The van der Waals surface area contributed by atoms with Gasteiger partial charge in [-0.15, -0.1) is 0 Å². The second-order valence-corrected chi connectivity index (χ2v) is 7.70. The molecule has 3 rings (SSSR count). The maximum Gasteiger partial charge on any atom is 0.183 e. The average molecular weight is 311 g/mol. The van der Waals surface area contributed by atoms with Crippen LogP contribution in [0.15, 0.2) is 59.5 Å². The highest BCUT2D eigenvalue weighted by molar-refractivity contribution is 7.92. The van der Waals surface area contributed by atoms with Gasteiger partial charge in [0, 0.05) is 5.92 Å². The predicted molar refractivity (Wildman–Crippen MR) is 85.1 cm³/mol. The summed E-state index contributed by atoms with van der Waals surface area (Å²) in [4.78, 5) is 0.299. The van der Waals surface area contributed by atoms with Crippen molar-refractivity contribution in [2.45, 2.75) is 29.4 Å². The SMILES string of the molecule is CCc1ccc([C@@H]2[C@@H](C#N)[C@@H]2S(=O)(=O)c2ccccc2)cc1. The van der Waals surface area contributed by atoms with Gasteiger partial charge in [-0.05, 0) is 29.7 Å². The van der Waals surface area contributed by atoms with Gasteiger partial charge in [-0.1, -0.05) is 49.4 Å². The van der Waals surface area contributed by atoms with Crippen molar-refractivity contribution < 1.29 is 8.42 Å². The lowest BCUT2D eigenvalue weighted by Crippen LogP contribution is -2.10. The van der Waals surface area contributed by atoms with Crippen LogP contribution in [0.25, 0.3) is 0 Å². The normalized spacial score (nSPS) is 23.7. The summed E-state index contributed by atoms with van der Waals surface area (Å²) in [5.74, 6) is -0.682. The highest BCUT2D eigenvalue weighted by atomic mass is 32.2. The van der Waals surface area contributed by atoms with E-state index in [4.69, 9.17) is 0 Å². The minimum absolute atomic E-state index is 0.221. The Morgan fingerprint density at radius 1 is 1.05 bits per heavy atom. The van der Waals surface area contributed by atoms with E-state index in [0.717, 1.165) is 12.0 Å². The molecule has 1 saturated carbocycles. The summed E-state index contributed by atoms with van der Waals surface area (Å²) in [6.45, 7) is 2.08. The Bertz CT molecular complexity index is 804. The van der Waals surface area contributed by atoms with Crippen molar-refractivity contribution in [3.8, 4) is 6.07 Å². The van der Waals surface area contributed by atoms with Gasteiger partial charge in [-0.25, -0.2) is 8.42 Å². The first-order valence-corrected chi connectivity index (χ1v) is 8.91. The lowest BCUT2D eigenvalue weighted by Gasteiger charge is -2.04. The maximum atomic E-state index is 12.7. The van der Waals surface area contributed by atoms with Gasteiger partial charge < -0.3 is 0 Å². The molecule has 0 N–H and O–H groups in total. The van der Waals surface area contributed by atoms with Crippen LogP contribution in [-0.2, 0) is 16.3 Å². The summed E-state index contributed by atoms with van der Waals surface area (Å²) >= 11 is 0. The molecule has 0 aromatic heterocycles. The molecule has 1 fully saturated rings. The first-order valence-electron chi connectivity index (χ1n) is 7.37. The third-order valence-electron chi connectivity index (χ3n) is 4.31. The topological polar surface area (TPSA) is 57.9 Å². The quantitative estimate of drug-likeness (QED) is 0.870. The van der Waals surface area contributed by atoms with Crippen LogP contribution in [0.5, 0.6) is 0 Å². The van der Waals surface area contributed by atoms with Gasteiger partial charge in [-0.2, -0.15) is 5.26 Å². The van der Waals surface area contributed by atoms with Crippen molar-refractivity contribution >= 4 is 9.84 Å². The molecule has 0 amide bonds. The molecule has 0 radical (unpaired) electrons. The predicted octanol–water partition coefficient (Wildman–Crippen LogP) is 3.33. The van der Waals surface area contributed by atoms with E-state index < -0.39 is 21.0 Å². The van der Waals surface area contributed by atoms with Crippen LogP contribution in [0.2, 0.25) is 0 Å². The maximum absolute atomic E-state index is 12.7.